The highest BCUT2D eigenvalue weighted by Crippen LogP contribution is 2.26. The smallest absolute Gasteiger partial charge is 0.251 e. The number of H-pyrrole nitrogens is 1. The summed E-state index contributed by atoms with van der Waals surface area (Å²) in [5, 5.41) is 2.84. The average molecular weight is 368 g/mol. The average Bonchev–Trinajstić information content (AvgIpc) is 2.68. The van der Waals surface area contributed by atoms with Crippen LogP contribution in [-0.2, 0) is 16.1 Å². The summed E-state index contributed by atoms with van der Waals surface area (Å²) in [4.78, 5) is 33.5. The lowest BCUT2D eigenvalue weighted by molar-refractivity contribution is -0.124. The molecule has 3 heterocycles. The molecule has 1 aromatic carbocycles. The molecule has 1 amide bonds. The predicted octanol–water partition coefficient (Wildman–Crippen LogP) is 1.26. The molecule has 7 heteroatoms. The lowest BCUT2D eigenvalue weighted by atomic mass is 9.96. The quantitative estimate of drug-likeness (QED) is 0.848. The Morgan fingerprint density at radius 2 is 2.04 bits per heavy atom. The van der Waals surface area contributed by atoms with Crippen molar-refractivity contribution >= 4 is 5.91 Å². The van der Waals surface area contributed by atoms with Crippen molar-refractivity contribution in [2.45, 2.75) is 25.3 Å². The van der Waals surface area contributed by atoms with E-state index in [0.29, 0.717) is 38.7 Å². The maximum atomic E-state index is 12.2. The lowest BCUT2D eigenvalue weighted by Crippen LogP contribution is -2.47. The number of nitrogens with zero attached hydrogens (tertiary/aromatic N) is 2. The molecule has 0 spiro atoms. The van der Waals surface area contributed by atoms with Gasteiger partial charge in [0.25, 0.3) is 5.56 Å². The first-order valence-corrected chi connectivity index (χ1v) is 9.45. The second-order valence-corrected chi connectivity index (χ2v) is 7.17. The van der Waals surface area contributed by atoms with Crippen LogP contribution in [-0.4, -0.2) is 53.6 Å². The van der Waals surface area contributed by atoms with E-state index in [-0.39, 0.29) is 17.4 Å². The molecule has 0 radical (unpaired) electrons. The van der Waals surface area contributed by atoms with Crippen LogP contribution in [0, 0.1) is 0 Å². The van der Waals surface area contributed by atoms with Crippen LogP contribution in [0.1, 0.15) is 30.0 Å². The van der Waals surface area contributed by atoms with Crippen LogP contribution in [0.25, 0.3) is 11.4 Å². The van der Waals surface area contributed by atoms with Gasteiger partial charge in [-0.05, 0) is 24.5 Å². The molecule has 2 saturated heterocycles. The third-order valence-electron chi connectivity index (χ3n) is 5.13. The molecule has 0 saturated carbocycles. The number of benzene rings is 1. The van der Waals surface area contributed by atoms with Gasteiger partial charge in [-0.3, -0.25) is 14.5 Å². The number of amides is 1. The molecule has 2 aromatic rings. The zero-order valence-corrected chi connectivity index (χ0v) is 15.2. The summed E-state index contributed by atoms with van der Waals surface area (Å²) in [5.74, 6) is 0.935. The van der Waals surface area contributed by atoms with Crippen molar-refractivity contribution in [1.29, 1.82) is 0 Å². The molecule has 27 heavy (non-hydrogen) atoms. The minimum absolute atomic E-state index is 0.0626. The molecule has 2 fully saturated rings. The minimum atomic E-state index is -0.125. The van der Waals surface area contributed by atoms with Gasteiger partial charge in [0, 0.05) is 50.4 Å². The Kier molecular flexibility index (Phi) is 5.31. The highest BCUT2D eigenvalue weighted by Gasteiger charge is 2.19. The molecule has 7 nitrogen and oxygen atoms in total. The fraction of sp³-hybridized carbons (Fsp3) is 0.450. The zero-order chi connectivity index (χ0) is 18.6. The van der Waals surface area contributed by atoms with Crippen LogP contribution in [0.4, 0.5) is 0 Å². The first-order chi connectivity index (χ1) is 13.2. The van der Waals surface area contributed by atoms with Crippen molar-refractivity contribution in [3.05, 3.63) is 51.9 Å². The van der Waals surface area contributed by atoms with Gasteiger partial charge < -0.3 is 15.0 Å². The number of nitrogens with one attached hydrogen (secondary N) is 2. The first kappa shape index (κ1) is 17.9. The number of ether oxygens (including phenoxy) is 1. The van der Waals surface area contributed by atoms with Gasteiger partial charge in [-0.1, -0.05) is 18.2 Å². The van der Waals surface area contributed by atoms with Gasteiger partial charge in [-0.15, -0.1) is 0 Å². The van der Waals surface area contributed by atoms with Gasteiger partial charge in [-0.25, -0.2) is 4.98 Å². The van der Waals surface area contributed by atoms with Crippen LogP contribution < -0.4 is 10.9 Å². The maximum absolute atomic E-state index is 12.2. The van der Waals surface area contributed by atoms with E-state index in [1.165, 1.54) is 0 Å². The van der Waals surface area contributed by atoms with E-state index in [1.54, 1.807) is 6.07 Å². The summed E-state index contributed by atoms with van der Waals surface area (Å²) in [6.07, 6.45) is 1.79. The number of aromatic amines is 1. The lowest BCUT2D eigenvalue weighted by Gasteiger charge is -2.26. The molecule has 2 aliphatic heterocycles. The number of piperazine rings is 1. The molecule has 0 unspecified atom stereocenters. The summed E-state index contributed by atoms with van der Waals surface area (Å²) < 4.78 is 5.41. The highest BCUT2D eigenvalue weighted by atomic mass is 16.5. The van der Waals surface area contributed by atoms with Crippen molar-refractivity contribution in [3.8, 4) is 11.4 Å². The number of carbonyl (C=O) groups excluding carboxylic acids is 1. The molecule has 2 aliphatic rings. The third-order valence-corrected chi connectivity index (χ3v) is 5.13. The van der Waals surface area contributed by atoms with Crippen molar-refractivity contribution in [1.82, 2.24) is 20.2 Å². The van der Waals surface area contributed by atoms with Crippen LogP contribution >= 0.6 is 0 Å². The van der Waals surface area contributed by atoms with Crippen molar-refractivity contribution < 1.29 is 9.53 Å². The number of hydrogen-bond acceptors (Lipinski definition) is 5. The fourth-order valence-electron chi connectivity index (χ4n) is 3.72. The maximum Gasteiger partial charge on any atom is 0.251 e. The van der Waals surface area contributed by atoms with Crippen molar-refractivity contribution in [2.24, 2.45) is 0 Å². The molecule has 4 rings (SSSR count). The number of aromatic nitrogens is 2. The molecule has 0 bridgehead atoms. The fourth-order valence-corrected chi connectivity index (χ4v) is 3.72. The molecule has 142 valence electrons. The Hall–Kier alpha value is -2.51. The SMILES string of the molecule is O=C1CN(Cc2cccc(-c3nc(C4CCOCC4)cc(=O)[nH]3)c2)CCN1. The normalized spacial score (nSPS) is 19.0. The standard InChI is InChI=1S/C20H24N4O3/c25-18-11-17(15-4-8-27-9-5-15)22-20(23-18)16-3-1-2-14(10-16)12-24-7-6-21-19(26)13-24/h1-3,10-11,15H,4-9,12-13H2,(H,21,26)(H,22,23,25). The Morgan fingerprint density at radius 1 is 1.19 bits per heavy atom. The van der Waals surface area contributed by atoms with E-state index < -0.39 is 0 Å². The summed E-state index contributed by atoms with van der Waals surface area (Å²) in [5.41, 5.74) is 2.70. The van der Waals surface area contributed by atoms with Gasteiger partial charge in [0.2, 0.25) is 5.91 Å². The second kappa shape index (κ2) is 8.02. The minimum Gasteiger partial charge on any atom is -0.381 e. The van der Waals surface area contributed by atoms with Crippen molar-refractivity contribution in [2.75, 3.05) is 32.8 Å². The monoisotopic (exact) mass is 368 g/mol. The van der Waals surface area contributed by atoms with E-state index in [1.807, 2.05) is 24.3 Å². The summed E-state index contributed by atoms with van der Waals surface area (Å²) in [7, 11) is 0. The number of hydrogen-bond donors (Lipinski definition) is 2. The second-order valence-electron chi connectivity index (χ2n) is 7.17. The number of rotatable bonds is 4. The van der Waals surface area contributed by atoms with Gasteiger partial charge in [0.1, 0.15) is 5.82 Å². The topological polar surface area (TPSA) is 87.3 Å². The summed E-state index contributed by atoms with van der Waals surface area (Å²) in [6.45, 7) is 4.06. The molecular formula is C20H24N4O3. The summed E-state index contributed by atoms with van der Waals surface area (Å²) in [6, 6.07) is 9.61. The zero-order valence-electron chi connectivity index (χ0n) is 15.2. The number of carbonyl (C=O) groups is 1. The molecule has 2 N–H and O–H groups in total. The largest absolute Gasteiger partial charge is 0.381 e. The van der Waals surface area contributed by atoms with Gasteiger partial charge in [0.15, 0.2) is 0 Å². The molecular weight excluding hydrogens is 344 g/mol. The first-order valence-electron chi connectivity index (χ1n) is 9.45. The van der Waals surface area contributed by atoms with E-state index in [4.69, 9.17) is 9.72 Å². The van der Waals surface area contributed by atoms with Crippen LogP contribution in [0.3, 0.4) is 0 Å². The van der Waals surface area contributed by atoms with Crippen LogP contribution in [0.5, 0.6) is 0 Å². The van der Waals surface area contributed by atoms with E-state index in [0.717, 1.165) is 36.2 Å². The Morgan fingerprint density at radius 3 is 2.85 bits per heavy atom. The molecule has 0 aliphatic carbocycles. The van der Waals surface area contributed by atoms with Crippen LogP contribution in [0.2, 0.25) is 0 Å². The van der Waals surface area contributed by atoms with Gasteiger partial charge in [-0.2, -0.15) is 0 Å². The van der Waals surface area contributed by atoms with E-state index in [2.05, 4.69) is 15.2 Å². The van der Waals surface area contributed by atoms with Crippen molar-refractivity contribution in [3.63, 3.8) is 0 Å². The Labute approximate surface area is 157 Å². The molecule has 1 aromatic heterocycles. The Bertz CT molecular complexity index is 874. The third kappa shape index (κ3) is 4.43. The summed E-state index contributed by atoms with van der Waals surface area (Å²) >= 11 is 0. The van der Waals surface area contributed by atoms with E-state index in [9.17, 15) is 9.59 Å². The Balaban J connectivity index is 1.57. The van der Waals surface area contributed by atoms with Gasteiger partial charge in [0.05, 0.1) is 12.2 Å². The predicted molar refractivity (Wildman–Crippen MR) is 101 cm³/mol. The highest BCUT2D eigenvalue weighted by molar-refractivity contribution is 5.78. The van der Waals surface area contributed by atoms with E-state index >= 15 is 0 Å². The van der Waals surface area contributed by atoms with Crippen LogP contribution in [0.15, 0.2) is 35.1 Å². The molecule has 0 atom stereocenters. The van der Waals surface area contributed by atoms with Gasteiger partial charge >= 0.3 is 0 Å².